The van der Waals surface area contributed by atoms with E-state index in [1.807, 2.05) is 61.5 Å². The molecule has 1 saturated heterocycles. The molecule has 2 aliphatic heterocycles. The number of rotatable bonds is 11. The molecule has 0 spiro atoms. The second-order valence-corrected chi connectivity index (χ2v) is 10.6. The Balaban J connectivity index is 1.54. The molecule has 0 aromatic heterocycles. The molecule has 7 heteroatoms. The quantitative estimate of drug-likeness (QED) is 0.130. The molecule has 0 aliphatic carbocycles. The van der Waals surface area contributed by atoms with Gasteiger partial charge in [-0.15, -0.1) is 0 Å². The largest absolute Gasteiger partial charge is 0.507 e. The first-order valence-electron chi connectivity index (χ1n) is 14.3. The van der Waals surface area contributed by atoms with E-state index in [1.165, 1.54) is 0 Å². The molecule has 1 amide bonds. The van der Waals surface area contributed by atoms with E-state index in [9.17, 15) is 14.7 Å². The fraction of sp³-hybridized carbons (Fsp3) is 0.353. The lowest BCUT2D eigenvalue weighted by Crippen LogP contribution is -2.31. The average Bonchev–Trinajstić information content (AvgIpc) is 3.49. The van der Waals surface area contributed by atoms with Crippen molar-refractivity contribution in [1.82, 2.24) is 4.90 Å². The highest BCUT2D eigenvalue weighted by atomic mass is 16.5. The summed E-state index contributed by atoms with van der Waals surface area (Å²) in [4.78, 5) is 28.6. The van der Waals surface area contributed by atoms with Gasteiger partial charge in [-0.25, -0.2) is 0 Å². The number of aliphatic hydroxyl groups is 1. The number of carbonyl (C=O) groups is 2. The number of benzene rings is 3. The van der Waals surface area contributed by atoms with E-state index in [1.54, 1.807) is 24.1 Å². The minimum absolute atomic E-state index is 0.0427. The number of carbonyl (C=O) groups excluding carboxylic acids is 2. The zero-order chi connectivity index (χ0) is 28.9. The van der Waals surface area contributed by atoms with Gasteiger partial charge in [0, 0.05) is 18.5 Å². The average molecular weight is 556 g/mol. The van der Waals surface area contributed by atoms with E-state index in [2.05, 4.69) is 6.92 Å². The molecule has 214 valence electrons. The number of likely N-dealkylation sites (tertiary alicyclic amines) is 1. The lowest BCUT2D eigenvalue weighted by Gasteiger charge is -2.26. The summed E-state index contributed by atoms with van der Waals surface area (Å²) < 4.78 is 17.4. The Kier molecular flexibility index (Phi) is 8.62. The molecular formula is C34H37NO6. The van der Waals surface area contributed by atoms with Gasteiger partial charge in [0.15, 0.2) is 11.5 Å². The normalized spacial score (nSPS) is 19.2. The molecular weight excluding hydrogens is 518 g/mol. The maximum absolute atomic E-state index is 13.5. The zero-order valence-electron chi connectivity index (χ0n) is 23.9. The first-order chi connectivity index (χ1) is 19.9. The second kappa shape index (κ2) is 12.5. The van der Waals surface area contributed by atoms with Gasteiger partial charge >= 0.3 is 0 Å². The molecule has 0 unspecified atom stereocenters. The highest BCUT2D eigenvalue weighted by Crippen LogP contribution is 2.43. The van der Waals surface area contributed by atoms with Crippen LogP contribution in [0.25, 0.3) is 5.76 Å². The Morgan fingerprint density at radius 3 is 2.59 bits per heavy atom. The van der Waals surface area contributed by atoms with Crippen LogP contribution in [-0.2, 0) is 22.4 Å². The van der Waals surface area contributed by atoms with Crippen LogP contribution in [-0.4, -0.2) is 48.1 Å². The van der Waals surface area contributed by atoms with Crippen LogP contribution < -0.4 is 14.2 Å². The van der Waals surface area contributed by atoms with E-state index in [-0.39, 0.29) is 17.4 Å². The monoisotopic (exact) mass is 555 g/mol. The molecule has 2 heterocycles. The summed E-state index contributed by atoms with van der Waals surface area (Å²) in [5.41, 5.74) is 3.22. The third-order valence-electron chi connectivity index (χ3n) is 7.70. The minimum atomic E-state index is -0.787. The summed E-state index contributed by atoms with van der Waals surface area (Å²) in [5, 5.41) is 11.6. The van der Waals surface area contributed by atoms with E-state index in [0.717, 1.165) is 36.1 Å². The van der Waals surface area contributed by atoms with Gasteiger partial charge in [0.1, 0.15) is 17.6 Å². The number of hydrogen-bond donors (Lipinski definition) is 1. The second-order valence-electron chi connectivity index (χ2n) is 10.6. The van der Waals surface area contributed by atoms with Crippen molar-refractivity contribution in [3.8, 4) is 17.2 Å². The van der Waals surface area contributed by atoms with Crippen LogP contribution in [0.3, 0.4) is 0 Å². The number of amides is 1. The van der Waals surface area contributed by atoms with Gasteiger partial charge in [0.25, 0.3) is 11.7 Å². The van der Waals surface area contributed by atoms with E-state index in [0.29, 0.717) is 48.6 Å². The highest BCUT2D eigenvalue weighted by Gasteiger charge is 2.46. The number of hydrogen-bond acceptors (Lipinski definition) is 6. The van der Waals surface area contributed by atoms with E-state index in [4.69, 9.17) is 14.2 Å². The molecule has 1 fully saturated rings. The summed E-state index contributed by atoms with van der Waals surface area (Å²) in [7, 11) is 1.57. The molecule has 5 rings (SSSR count). The zero-order valence-corrected chi connectivity index (χ0v) is 23.9. The summed E-state index contributed by atoms with van der Waals surface area (Å²) in [6.07, 6.45) is 4.42. The maximum atomic E-state index is 13.5. The predicted molar refractivity (Wildman–Crippen MR) is 157 cm³/mol. The fourth-order valence-electron chi connectivity index (χ4n) is 5.58. The van der Waals surface area contributed by atoms with Gasteiger partial charge in [-0.1, -0.05) is 56.2 Å². The molecule has 1 N–H and O–H groups in total. The number of Topliss-reactive ketones (excluding diaryl/α,β-unsaturated/α-hetero) is 1. The first kappa shape index (κ1) is 28.3. The van der Waals surface area contributed by atoms with E-state index < -0.39 is 17.7 Å². The van der Waals surface area contributed by atoms with Gasteiger partial charge in [0.05, 0.1) is 25.3 Å². The number of fused-ring (bicyclic) bond motifs is 1. The van der Waals surface area contributed by atoms with Gasteiger partial charge < -0.3 is 24.2 Å². The molecule has 0 radical (unpaired) electrons. The molecule has 2 aliphatic rings. The Morgan fingerprint density at radius 1 is 1.02 bits per heavy atom. The lowest BCUT2D eigenvalue weighted by atomic mass is 9.94. The SMILES string of the molecule is CCCCCOc1ccc([C@H]2/C(=C(\O)c3ccc4c(c3)C[C@H](C)O4)C(=O)C(=O)N2CCc2ccccc2)cc1OC. The summed E-state index contributed by atoms with van der Waals surface area (Å²) in [6.45, 7) is 5.01. The minimum Gasteiger partial charge on any atom is -0.507 e. The van der Waals surface area contributed by atoms with Crippen molar-refractivity contribution >= 4 is 17.4 Å². The van der Waals surface area contributed by atoms with Crippen molar-refractivity contribution in [3.63, 3.8) is 0 Å². The van der Waals surface area contributed by atoms with Crippen molar-refractivity contribution in [1.29, 1.82) is 0 Å². The van der Waals surface area contributed by atoms with Crippen LogP contribution in [0.2, 0.25) is 0 Å². The van der Waals surface area contributed by atoms with Gasteiger partial charge in [-0.05, 0) is 66.8 Å². The van der Waals surface area contributed by atoms with Crippen molar-refractivity contribution in [2.24, 2.45) is 0 Å². The topological polar surface area (TPSA) is 85.3 Å². The summed E-state index contributed by atoms with van der Waals surface area (Å²) in [5.74, 6) is 0.344. The van der Waals surface area contributed by atoms with Crippen LogP contribution in [0.1, 0.15) is 61.4 Å². The lowest BCUT2D eigenvalue weighted by molar-refractivity contribution is -0.139. The fourth-order valence-corrected chi connectivity index (χ4v) is 5.58. The van der Waals surface area contributed by atoms with Crippen molar-refractivity contribution < 1.29 is 28.9 Å². The van der Waals surface area contributed by atoms with Crippen LogP contribution >= 0.6 is 0 Å². The van der Waals surface area contributed by atoms with Crippen molar-refractivity contribution in [2.45, 2.75) is 58.1 Å². The third kappa shape index (κ3) is 5.94. The molecule has 3 aromatic carbocycles. The third-order valence-corrected chi connectivity index (χ3v) is 7.70. The van der Waals surface area contributed by atoms with Gasteiger partial charge in [-0.2, -0.15) is 0 Å². The van der Waals surface area contributed by atoms with Gasteiger partial charge in [-0.3, -0.25) is 9.59 Å². The van der Waals surface area contributed by atoms with Crippen LogP contribution in [0, 0.1) is 0 Å². The molecule has 0 saturated carbocycles. The Labute approximate surface area is 241 Å². The number of methoxy groups -OCH3 is 1. The van der Waals surface area contributed by atoms with Crippen LogP contribution in [0.4, 0.5) is 0 Å². The number of unbranched alkanes of at least 4 members (excludes halogenated alkanes) is 2. The Bertz CT molecular complexity index is 1450. The van der Waals surface area contributed by atoms with Crippen LogP contribution in [0.15, 0.2) is 72.3 Å². The number of aliphatic hydroxyl groups excluding tert-OH is 1. The van der Waals surface area contributed by atoms with E-state index >= 15 is 0 Å². The number of ether oxygens (including phenoxy) is 3. The van der Waals surface area contributed by atoms with Crippen molar-refractivity contribution in [3.05, 3.63) is 94.6 Å². The summed E-state index contributed by atoms with van der Waals surface area (Å²) >= 11 is 0. The number of nitrogens with zero attached hydrogens (tertiary/aromatic N) is 1. The predicted octanol–water partition coefficient (Wildman–Crippen LogP) is 6.25. The van der Waals surface area contributed by atoms with Crippen molar-refractivity contribution in [2.75, 3.05) is 20.3 Å². The first-order valence-corrected chi connectivity index (χ1v) is 14.3. The smallest absolute Gasteiger partial charge is 0.295 e. The molecule has 0 bridgehead atoms. The number of ketones is 1. The maximum Gasteiger partial charge on any atom is 0.295 e. The molecule has 2 atom stereocenters. The Hall–Kier alpha value is -4.26. The van der Waals surface area contributed by atoms with Crippen LogP contribution in [0.5, 0.6) is 17.2 Å². The molecule has 41 heavy (non-hydrogen) atoms. The molecule has 3 aromatic rings. The summed E-state index contributed by atoms with van der Waals surface area (Å²) in [6, 6.07) is 19.9. The molecule has 7 nitrogen and oxygen atoms in total. The Morgan fingerprint density at radius 2 is 1.83 bits per heavy atom. The highest BCUT2D eigenvalue weighted by molar-refractivity contribution is 6.46. The van der Waals surface area contributed by atoms with Gasteiger partial charge in [0.2, 0.25) is 0 Å². The standard InChI is InChI=1S/C34H37NO6/c1-4-5-9-18-40-28-15-12-24(21-29(28)39-3)31-30(32(36)25-13-14-27-26(20-25)19-22(2)41-27)33(37)34(38)35(31)17-16-23-10-7-6-8-11-23/h6-8,10-15,20-22,31,36H,4-5,9,16-19H2,1-3H3/b32-30+/t22-,31-/m0/s1.